The van der Waals surface area contributed by atoms with Crippen molar-refractivity contribution in [2.24, 2.45) is 0 Å². The molecule has 0 unspecified atom stereocenters. The van der Waals surface area contributed by atoms with Crippen molar-refractivity contribution in [1.82, 2.24) is 4.31 Å². The van der Waals surface area contributed by atoms with Gasteiger partial charge in [0, 0.05) is 25.9 Å². The van der Waals surface area contributed by atoms with Gasteiger partial charge in [0.1, 0.15) is 0 Å². The van der Waals surface area contributed by atoms with Crippen molar-refractivity contribution >= 4 is 16.2 Å². The Hall–Kier alpha value is -1.40. The first kappa shape index (κ1) is 17.4. The summed E-state index contributed by atoms with van der Waals surface area (Å²) in [5, 5.41) is 12.5. The van der Waals surface area contributed by atoms with E-state index in [0.717, 1.165) is 49.7 Å². The lowest BCUT2D eigenvalue weighted by atomic mass is 9.96. The molecule has 1 heterocycles. The van der Waals surface area contributed by atoms with Crippen molar-refractivity contribution in [3.05, 3.63) is 35.0 Å². The molecule has 6 heteroatoms. The van der Waals surface area contributed by atoms with E-state index in [9.17, 15) is 13.6 Å². The second kappa shape index (κ2) is 7.66. The number of nitrogens with zero attached hydrogens (tertiary/aromatic N) is 2. The predicted molar refractivity (Wildman–Crippen MR) is 94.7 cm³/mol. The normalized spacial score (nSPS) is 21.8. The summed E-state index contributed by atoms with van der Waals surface area (Å²) < 4.78 is 28.4. The first-order chi connectivity index (χ1) is 11.6. The quantitative estimate of drug-likeness (QED) is 0.363. The zero-order valence-electron chi connectivity index (χ0n) is 14.1. The first-order valence-corrected chi connectivity index (χ1v) is 10.4. The molecule has 2 aliphatic rings. The Morgan fingerprint density at radius 1 is 1.00 bits per heavy atom. The molecule has 0 bridgehead atoms. The van der Waals surface area contributed by atoms with Crippen molar-refractivity contribution in [2.75, 3.05) is 13.1 Å². The van der Waals surface area contributed by atoms with E-state index in [2.05, 4.69) is 0 Å². The number of hydroxylamine groups is 1. The van der Waals surface area contributed by atoms with Crippen molar-refractivity contribution in [1.29, 1.82) is 0 Å². The molecule has 0 N–H and O–H groups in total. The summed E-state index contributed by atoms with van der Waals surface area (Å²) >= 11 is 0. The van der Waals surface area contributed by atoms with E-state index in [1.54, 1.807) is 28.6 Å². The highest BCUT2D eigenvalue weighted by atomic mass is 32.2. The third-order valence-corrected chi connectivity index (χ3v) is 7.03. The van der Waals surface area contributed by atoms with E-state index in [-0.39, 0.29) is 10.9 Å². The molecule has 3 rings (SSSR count). The van der Waals surface area contributed by atoms with E-state index >= 15 is 0 Å². The minimum absolute atomic E-state index is 0.0236. The molecule has 0 amide bonds. The third kappa shape index (κ3) is 3.81. The van der Waals surface area contributed by atoms with Crippen LogP contribution < -0.4 is 0 Å². The molecule has 1 aliphatic heterocycles. The van der Waals surface area contributed by atoms with Gasteiger partial charge in [0.15, 0.2) is 12.3 Å². The smallest absolute Gasteiger partial charge is 0.243 e. The highest BCUT2D eigenvalue weighted by molar-refractivity contribution is 7.89. The second-order valence-corrected chi connectivity index (χ2v) is 8.69. The minimum atomic E-state index is -3.53. The molecule has 1 aliphatic carbocycles. The number of piperidine rings is 1. The summed E-state index contributed by atoms with van der Waals surface area (Å²) in [7, 11) is -3.53. The Morgan fingerprint density at radius 3 is 2.33 bits per heavy atom. The zero-order valence-corrected chi connectivity index (χ0v) is 14.9. The van der Waals surface area contributed by atoms with Gasteiger partial charge in [0.05, 0.1) is 10.5 Å². The topological polar surface area (TPSA) is 63.4 Å². The van der Waals surface area contributed by atoms with Gasteiger partial charge in [-0.05, 0) is 37.8 Å². The lowest BCUT2D eigenvalue weighted by Gasteiger charge is -2.26. The molecule has 1 saturated heterocycles. The fourth-order valence-corrected chi connectivity index (χ4v) is 5.33. The highest BCUT2D eigenvalue weighted by Gasteiger charge is 2.28. The standard InChI is InChI=1S/C18H26N2O3S/c21-20(17-10-3-1-4-11-17)15-16-9-5-6-12-18(16)24(22,23)19-13-7-2-8-14-19/h5-6,9,12,15,17H,1-4,7-8,10-11,13-14H2/b20-15-. The zero-order chi connectivity index (χ0) is 17.0. The van der Waals surface area contributed by atoms with Gasteiger partial charge in [-0.3, -0.25) is 0 Å². The summed E-state index contributed by atoms with van der Waals surface area (Å²) in [5.41, 5.74) is 0.503. The molecule has 0 atom stereocenters. The summed E-state index contributed by atoms with van der Waals surface area (Å²) in [5.74, 6) is 0. The fraction of sp³-hybridized carbons (Fsp3) is 0.611. The van der Waals surface area contributed by atoms with Crippen molar-refractivity contribution in [3.8, 4) is 0 Å². The molecule has 132 valence electrons. The van der Waals surface area contributed by atoms with Crippen molar-refractivity contribution in [2.45, 2.75) is 62.3 Å². The lowest BCUT2D eigenvalue weighted by molar-refractivity contribution is -0.500. The van der Waals surface area contributed by atoms with Crippen LogP contribution in [0.1, 0.15) is 56.9 Å². The average Bonchev–Trinajstić information content (AvgIpc) is 2.63. The van der Waals surface area contributed by atoms with Crippen molar-refractivity contribution < 1.29 is 13.2 Å². The summed E-state index contributed by atoms with van der Waals surface area (Å²) in [6, 6.07) is 6.83. The van der Waals surface area contributed by atoms with Crippen LogP contribution in [-0.2, 0) is 10.0 Å². The Morgan fingerprint density at radius 2 is 1.62 bits per heavy atom. The number of hydrogen-bond acceptors (Lipinski definition) is 3. The highest BCUT2D eigenvalue weighted by Crippen LogP contribution is 2.24. The van der Waals surface area contributed by atoms with Crippen LogP contribution in [0.2, 0.25) is 0 Å². The molecule has 0 spiro atoms. The Balaban J connectivity index is 1.89. The molecule has 5 nitrogen and oxygen atoms in total. The molecule has 0 radical (unpaired) electrons. The maximum absolute atomic E-state index is 13.0. The number of rotatable bonds is 4. The fourth-order valence-electron chi connectivity index (χ4n) is 3.64. The predicted octanol–water partition coefficient (Wildman–Crippen LogP) is 3.12. The van der Waals surface area contributed by atoms with E-state index in [1.807, 2.05) is 0 Å². The largest absolute Gasteiger partial charge is 0.624 e. The van der Waals surface area contributed by atoms with E-state index in [4.69, 9.17) is 0 Å². The van der Waals surface area contributed by atoms with E-state index < -0.39 is 10.0 Å². The van der Waals surface area contributed by atoms with Crippen LogP contribution >= 0.6 is 0 Å². The van der Waals surface area contributed by atoms with Crippen LogP contribution in [-0.4, -0.2) is 42.8 Å². The molecular weight excluding hydrogens is 324 g/mol. The monoisotopic (exact) mass is 350 g/mol. The number of hydrogen-bond donors (Lipinski definition) is 0. The van der Waals surface area contributed by atoms with Crippen LogP contribution in [0, 0.1) is 5.21 Å². The summed E-state index contributed by atoms with van der Waals surface area (Å²) in [4.78, 5) is 0.253. The maximum atomic E-state index is 13.0. The second-order valence-electron chi connectivity index (χ2n) is 6.78. The van der Waals surface area contributed by atoms with E-state index in [0.29, 0.717) is 18.7 Å². The molecule has 0 aromatic heterocycles. The van der Waals surface area contributed by atoms with Crippen LogP contribution in [0.25, 0.3) is 0 Å². The lowest BCUT2D eigenvalue weighted by Crippen LogP contribution is -2.36. The Kier molecular flexibility index (Phi) is 5.56. The van der Waals surface area contributed by atoms with Gasteiger partial charge in [-0.15, -0.1) is 0 Å². The van der Waals surface area contributed by atoms with Crippen LogP contribution in [0.3, 0.4) is 0 Å². The molecule has 2 fully saturated rings. The third-order valence-electron chi connectivity index (χ3n) is 5.05. The summed E-state index contributed by atoms with van der Waals surface area (Å²) in [6.45, 7) is 1.14. The van der Waals surface area contributed by atoms with E-state index in [1.165, 1.54) is 12.6 Å². The summed E-state index contributed by atoms with van der Waals surface area (Å²) in [6.07, 6.45) is 9.48. The van der Waals surface area contributed by atoms with Crippen molar-refractivity contribution in [3.63, 3.8) is 0 Å². The molecule has 1 aromatic carbocycles. The van der Waals surface area contributed by atoms with Gasteiger partial charge in [-0.25, -0.2) is 13.2 Å². The SMILES string of the molecule is O=S(=O)(c1ccccc1/C=[N+](\[O-])C1CCCCC1)N1CCCCC1. The van der Waals surface area contributed by atoms with Gasteiger partial charge in [-0.2, -0.15) is 4.31 Å². The molecule has 1 saturated carbocycles. The van der Waals surface area contributed by atoms with Crippen LogP contribution in [0.15, 0.2) is 29.2 Å². The van der Waals surface area contributed by atoms with Gasteiger partial charge < -0.3 is 5.21 Å². The van der Waals surface area contributed by atoms with Gasteiger partial charge in [0.25, 0.3) is 0 Å². The molecule has 24 heavy (non-hydrogen) atoms. The van der Waals surface area contributed by atoms with Crippen LogP contribution in [0.5, 0.6) is 0 Å². The molecule has 1 aromatic rings. The number of benzene rings is 1. The van der Waals surface area contributed by atoms with Gasteiger partial charge in [-0.1, -0.05) is 25.0 Å². The number of sulfonamides is 1. The Bertz CT molecular complexity index is 688. The average molecular weight is 350 g/mol. The first-order valence-electron chi connectivity index (χ1n) is 8.98. The van der Waals surface area contributed by atoms with Gasteiger partial charge in [0.2, 0.25) is 10.0 Å². The maximum Gasteiger partial charge on any atom is 0.243 e. The minimum Gasteiger partial charge on any atom is -0.624 e. The Labute approximate surface area is 144 Å². The molecular formula is C18H26N2O3S. The van der Waals surface area contributed by atoms with Crippen LogP contribution in [0.4, 0.5) is 0 Å². The van der Waals surface area contributed by atoms with Gasteiger partial charge >= 0.3 is 0 Å².